The fraction of sp³-hybridized carbons (Fsp3) is 0.533. The fourth-order valence-electron chi connectivity index (χ4n) is 2.40. The molecule has 0 saturated heterocycles. The van der Waals surface area contributed by atoms with Crippen LogP contribution < -0.4 is 10.6 Å². The summed E-state index contributed by atoms with van der Waals surface area (Å²) in [6.45, 7) is 3.67. The predicted molar refractivity (Wildman–Crippen MR) is 82.7 cm³/mol. The Balaban J connectivity index is 1.97. The minimum Gasteiger partial charge on any atom is -0.330 e. The lowest BCUT2D eigenvalue weighted by Crippen LogP contribution is -2.37. The van der Waals surface area contributed by atoms with Crippen LogP contribution in [0.25, 0.3) is 0 Å². The van der Waals surface area contributed by atoms with Crippen LogP contribution in [0.3, 0.4) is 0 Å². The van der Waals surface area contributed by atoms with E-state index in [1.807, 2.05) is 17.0 Å². The van der Waals surface area contributed by atoms with Crippen molar-refractivity contribution in [2.75, 3.05) is 23.7 Å². The Bertz CT molecular complexity index is 436. The zero-order valence-corrected chi connectivity index (χ0v) is 12.3. The summed E-state index contributed by atoms with van der Waals surface area (Å²) in [7, 11) is 0. The van der Waals surface area contributed by atoms with Gasteiger partial charge in [-0.2, -0.15) is 0 Å². The van der Waals surface area contributed by atoms with Gasteiger partial charge in [-0.15, -0.1) is 11.8 Å². The number of carbonyl (C=O) groups excluding carboxylic acids is 1. The molecule has 0 fully saturated rings. The number of nitrogens with two attached hydrogens (primary N) is 1. The molecule has 0 spiro atoms. The molecule has 1 aliphatic rings. The SMILES string of the molecule is CC(CCN)SCC(=O)N1CCCc2ccccc21. The van der Waals surface area contributed by atoms with Gasteiger partial charge in [-0.3, -0.25) is 4.79 Å². The summed E-state index contributed by atoms with van der Waals surface area (Å²) in [5.41, 5.74) is 7.93. The standard InChI is InChI=1S/C15H22N2OS/c1-12(8-9-16)19-11-15(18)17-10-4-6-13-5-2-3-7-14(13)17/h2-3,5,7,12H,4,6,8-11,16H2,1H3. The second-order valence-electron chi connectivity index (χ2n) is 4.98. The summed E-state index contributed by atoms with van der Waals surface area (Å²) in [6, 6.07) is 8.23. The highest BCUT2D eigenvalue weighted by Crippen LogP contribution is 2.27. The van der Waals surface area contributed by atoms with Gasteiger partial charge in [-0.05, 0) is 37.4 Å². The smallest absolute Gasteiger partial charge is 0.236 e. The summed E-state index contributed by atoms with van der Waals surface area (Å²) >= 11 is 1.71. The zero-order chi connectivity index (χ0) is 13.7. The molecule has 1 heterocycles. The number of anilines is 1. The van der Waals surface area contributed by atoms with Gasteiger partial charge in [0.15, 0.2) is 0 Å². The number of aryl methyl sites for hydroxylation is 1. The third kappa shape index (κ3) is 3.74. The van der Waals surface area contributed by atoms with E-state index in [1.54, 1.807) is 11.8 Å². The molecule has 2 N–H and O–H groups in total. The van der Waals surface area contributed by atoms with Gasteiger partial charge in [0.05, 0.1) is 5.75 Å². The van der Waals surface area contributed by atoms with Crippen LogP contribution in [0.5, 0.6) is 0 Å². The van der Waals surface area contributed by atoms with Gasteiger partial charge in [0.25, 0.3) is 0 Å². The van der Waals surface area contributed by atoms with Gasteiger partial charge in [0, 0.05) is 17.5 Å². The van der Waals surface area contributed by atoms with E-state index in [-0.39, 0.29) is 5.91 Å². The van der Waals surface area contributed by atoms with E-state index in [1.165, 1.54) is 5.56 Å². The normalized spacial score (nSPS) is 16.0. The molecule has 0 aliphatic carbocycles. The first-order valence-corrected chi connectivity index (χ1v) is 7.97. The van der Waals surface area contributed by atoms with Crippen LogP contribution in [0.1, 0.15) is 25.3 Å². The molecule has 2 rings (SSSR count). The van der Waals surface area contributed by atoms with E-state index in [9.17, 15) is 4.79 Å². The maximum absolute atomic E-state index is 12.3. The number of carbonyl (C=O) groups is 1. The Kier molecular flexibility index (Phi) is 5.28. The van der Waals surface area contributed by atoms with Crippen molar-refractivity contribution in [2.45, 2.75) is 31.4 Å². The molecule has 1 unspecified atom stereocenters. The summed E-state index contributed by atoms with van der Waals surface area (Å²) in [5.74, 6) is 0.774. The number of amides is 1. The molecule has 1 atom stereocenters. The van der Waals surface area contributed by atoms with E-state index in [4.69, 9.17) is 5.73 Å². The molecule has 3 nitrogen and oxygen atoms in total. The van der Waals surface area contributed by atoms with Gasteiger partial charge < -0.3 is 10.6 Å². The summed E-state index contributed by atoms with van der Waals surface area (Å²) in [5, 5.41) is 0.453. The first-order valence-electron chi connectivity index (χ1n) is 6.92. The summed E-state index contributed by atoms with van der Waals surface area (Å²) in [4.78, 5) is 14.3. The van der Waals surface area contributed by atoms with Crippen molar-refractivity contribution in [3.8, 4) is 0 Å². The lowest BCUT2D eigenvalue weighted by atomic mass is 10.0. The number of benzene rings is 1. The highest BCUT2D eigenvalue weighted by Gasteiger charge is 2.22. The largest absolute Gasteiger partial charge is 0.330 e. The Hall–Kier alpha value is -1.00. The molecule has 4 heteroatoms. The number of nitrogens with zero attached hydrogens (tertiary/aromatic N) is 1. The third-order valence-electron chi connectivity index (χ3n) is 3.48. The highest BCUT2D eigenvalue weighted by molar-refractivity contribution is 8.00. The maximum Gasteiger partial charge on any atom is 0.236 e. The van der Waals surface area contributed by atoms with Gasteiger partial charge in [-0.25, -0.2) is 0 Å². The van der Waals surface area contributed by atoms with Crippen LogP contribution in [0.15, 0.2) is 24.3 Å². The van der Waals surface area contributed by atoms with Crippen molar-refractivity contribution in [1.82, 2.24) is 0 Å². The molecular formula is C15H22N2OS. The molecule has 19 heavy (non-hydrogen) atoms. The lowest BCUT2D eigenvalue weighted by Gasteiger charge is -2.29. The van der Waals surface area contributed by atoms with E-state index in [0.29, 0.717) is 17.5 Å². The molecule has 0 aromatic heterocycles. The minimum atomic E-state index is 0.223. The fourth-order valence-corrected chi connectivity index (χ4v) is 3.29. The zero-order valence-electron chi connectivity index (χ0n) is 11.5. The lowest BCUT2D eigenvalue weighted by molar-refractivity contribution is -0.116. The molecule has 1 amide bonds. The monoisotopic (exact) mass is 278 g/mol. The second-order valence-corrected chi connectivity index (χ2v) is 6.40. The second kappa shape index (κ2) is 6.96. The van der Waals surface area contributed by atoms with Crippen LogP contribution in [0.4, 0.5) is 5.69 Å². The Morgan fingerprint density at radius 3 is 3.05 bits per heavy atom. The Morgan fingerprint density at radius 2 is 2.26 bits per heavy atom. The predicted octanol–water partition coefficient (Wildman–Crippen LogP) is 2.44. The van der Waals surface area contributed by atoms with Crippen LogP contribution >= 0.6 is 11.8 Å². The Morgan fingerprint density at radius 1 is 1.47 bits per heavy atom. The number of hydrogen-bond donors (Lipinski definition) is 1. The Labute approximate surface area is 119 Å². The van der Waals surface area contributed by atoms with Crippen molar-refractivity contribution < 1.29 is 4.79 Å². The summed E-state index contributed by atoms with van der Waals surface area (Å²) in [6.07, 6.45) is 3.11. The molecule has 1 aromatic carbocycles. The highest BCUT2D eigenvalue weighted by atomic mass is 32.2. The van der Waals surface area contributed by atoms with Gasteiger partial charge in [0.1, 0.15) is 0 Å². The van der Waals surface area contributed by atoms with E-state index in [0.717, 1.165) is 31.5 Å². The topological polar surface area (TPSA) is 46.3 Å². The first kappa shape index (κ1) is 14.4. The van der Waals surface area contributed by atoms with Crippen molar-refractivity contribution in [1.29, 1.82) is 0 Å². The summed E-state index contributed by atoms with van der Waals surface area (Å²) < 4.78 is 0. The van der Waals surface area contributed by atoms with Crippen molar-refractivity contribution >= 4 is 23.4 Å². The molecular weight excluding hydrogens is 256 g/mol. The van der Waals surface area contributed by atoms with Gasteiger partial charge in [0.2, 0.25) is 5.91 Å². The van der Waals surface area contributed by atoms with Crippen LogP contribution in [0, 0.1) is 0 Å². The molecule has 0 bridgehead atoms. The number of rotatable bonds is 5. The van der Waals surface area contributed by atoms with Crippen LogP contribution in [-0.2, 0) is 11.2 Å². The van der Waals surface area contributed by atoms with Gasteiger partial charge >= 0.3 is 0 Å². The number of para-hydroxylation sites is 1. The third-order valence-corrected chi connectivity index (χ3v) is 4.69. The van der Waals surface area contributed by atoms with E-state index in [2.05, 4.69) is 19.1 Å². The van der Waals surface area contributed by atoms with Gasteiger partial charge in [-0.1, -0.05) is 25.1 Å². The number of hydrogen-bond acceptors (Lipinski definition) is 3. The first-order chi connectivity index (χ1) is 9.22. The average molecular weight is 278 g/mol. The minimum absolute atomic E-state index is 0.223. The molecule has 0 radical (unpaired) electrons. The van der Waals surface area contributed by atoms with Crippen molar-refractivity contribution in [2.24, 2.45) is 5.73 Å². The van der Waals surface area contributed by atoms with Crippen molar-refractivity contribution in [3.63, 3.8) is 0 Å². The van der Waals surface area contributed by atoms with E-state index >= 15 is 0 Å². The molecule has 0 saturated carbocycles. The molecule has 1 aromatic rings. The van der Waals surface area contributed by atoms with E-state index < -0.39 is 0 Å². The van der Waals surface area contributed by atoms with Crippen molar-refractivity contribution in [3.05, 3.63) is 29.8 Å². The quantitative estimate of drug-likeness (QED) is 0.900. The maximum atomic E-state index is 12.3. The number of thioether (sulfide) groups is 1. The average Bonchev–Trinajstić information content (AvgIpc) is 2.44. The number of fused-ring (bicyclic) bond motifs is 1. The van der Waals surface area contributed by atoms with Crippen LogP contribution in [0.2, 0.25) is 0 Å². The molecule has 1 aliphatic heterocycles. The molecule has 104 valence electrons. The van der Waals surface area contributed by atoms with Crippen LogP contribution in [-0.4, -0.2) is 30.0 Å².